The van der Waals surface area contributed by atoms with E-state index in [1.165, 1.54) is 4.88 Å². The average molecular weight is 309 g/mol. The summed E-state index contributed by atoms with van der Waals surface area (Å²) in [5.74, 6) is 0. The molecule has 0 aliphatic rings. The number of thiazole rings is 1. The summed E-state index contributed by atoms with van der Waals surface area (Å²) in [6.45, 7) is 2.74. The standard InChI is InChI=1S/C13H15N3S3/c1-8-6-16-11(19-8)7-15-9-4-3-5-10(18-2)12(9)13(14)17/h3-6,15H,7H2,1-2H3,(H2,14,17). The van der Waals surface area contributed by atoms with Crippen LogP contribution in [0.25, 0.3) is 0 Å². The Balaban J connectivity index is 2.22. The number of nitrogens with two attached hydrogens (primary N) is 1. The summed E-state index contributed by atoms with van der Waals surface area (Å²) < 4.78 is 0. The van der Waals surface area contributed by atoms with Crippen LogP contribution < -0.4 is 11.1 Å². The molecule has 3 nitrogen and oxygen atoms in total. The van der Waals surface area contributed by atoms with Gasteiger partial charge in [0.25, 0.3) is 0 Å². The van der Waals surface area contributed by atoms with Crippen LogP contribution in [-0.4, -0.2) is 16.2 Å². The highest BCUT2D eigenvalue weighted by Crippen LogP contribution is 2.27. The van der Waals surface area contributed by atoms with Gasteiger partial charge in [-0.3, -0.25) is 0 Å². The third-order valence-corrected chi connectivity index (χ3v) is 4.49. The number of hydrogen-bond acceptors (Lipinski definition) is 5. The lowest BCUT2D eigenvalue weighted by Gasteiger charge is -2.13. The number of nitrogens with zero attached hydrogens (tertiary/aromatic N) is 1. The molecule has 0 fully saturated rings. The van der Waals surface area contributed by atoms with Gasteiger partial charge in [-0.15, -0.1) is 23.1 Å². The van der Waals surface area contributed by atoms with Crippen molar-refractivity contribution < 1.29 is 0 Å². The Morgan fingerprint density at radius 1 is 1.53 bits per heavy atom. The van der Waals surface area contributed by atoms with Gasteiger partial charge >= 0.3 is 0 Å². The molecule has 1 aromatic heterocycles. The fraction of sp³-hybridized carbons (Fsp3) is 0.231. The number of thioether (sulfide) groups is 1. The van der Waals surface area contributed by atoms with Crippen LogP contribution in [0.15, 0.2) is 29.3 Å². The van der Waals surface area contributed by atoms with Crippen molar-refractivity contribution in [2.45, 2.75) is 18.4 Å². The molecule has 0 atom stereocenters. The summed E-state index contributed by atoms with van der Waals surface area (Å²) in [4.78, 5) is 7.06. The Morgan fingerprint density at radius 3 is 2.89 bits per heavy atom. The highest BCUT2D eigenvalue weighted by molar-refractivity contribution is 7.98. The summed E-state index contributed by atoms with van der Waals surface area (Å²) in [6.07, 6.45) is 3.90. The molecule has 0 unspecified atom stereocenters. The molecule has 0 bridgehead atoms. The predicted octanol–water partition coefficient (Wildman–Crippen LogP) is 3.42. The van der Waals surface area contributed by atoms with Crippen molar-refractivity contribution in [1.82, 2.24) is 4.98 Å². The summed E-state index contributed by atoms with van der Waals surface area (Å²) in [7, 11) is 0. The molecule has 0 spiro atoms. The highest BCUT2D eigenvalue weighted by Gasteiger charge is 2.10. The molecule has 2 aromatic rings. The van der Waals surface area contributed by atoms with E-state index >= 15 is 0 Å². The van der Waals surface area contributed by atoms with Gasteiger partial charge < -0.3 is 11.1 Å². The van der Waals surface area contributed by atoms with Crippen LogP contribution in [0.3, 0.4) is 0 Å². The molecule has 100 valence electrons. The van der Waals surface area contributed by atoms with E-state index in [1.54, 1.807) is 23.1 Å². The van der Waals surface area contributed by atoms with Gasteiger partial charge in [0.15, 0.2) is 0 Å². The predicted molar refractivity (Wildman–Crippen MR) is 88.3 cm³/mol. The van der Waals surface area contributed by atoms with E-state index in [9.17, 15) is 0 Å². The first-order valence-corrected chi connectivity index (χ1v) is 8.18. The Bertz CT molecular complexity index is 593. The molecule has 1 heterocycles. The lowest BCUT2D eigenvalue weighted by Crippen LogP contribution is -2.14. The van der Waals surface area contributed by atoms with Gasteiger partial charge in [0.05, 0.1) is 6.54 Å². The van der Waals surface area contributed by atoms with E-state index < -0.39 is 0 Å². The van der Waals surface area contributed by atoms with Gasteiger partial charge in [0, 0.05) is 27.2 Å². The largest absolute Gasteiger partial charge is 0.389 e. The molecule has 1 aromatic carbocycles. The SMILES string of the molecule is CSc1cccc(NCc2ncc(C)s2)c1C(N)=S. The third kappa shape index (κ3) is 3.46. The van der Waals surface area contributed by atoms with Crippen LogP contribution in [0.2, 0.25) is 0 Å². The lowest BCUT2D eigenvalue weighted by atomic mass is 10.1. The zero-order chi connectivity index (χ0) is 13.8. The number of benzene rings is 1. The minimum absolute atomic E-state index is 0.419. The summed E-state index contributed by atoms with van der Waals surface area (Å²) >= 11 is 8.48. The summed E-state index contributed by atoms with van der Waals surface area (Å²) in [5, 5.41) is 4.42. The van der Waals surface area contributed by atoms with Crippen LogP contribution in [0, 0.1) is 6.92 Å². The van der Waals surface area contributed by atoms with Crippen molar-refractivity contribution in [2.75, 3.05) is 11.6 Å². The lowest BCUT2D eigenvalue weighted by molar-refractivity contribution is 1.10. The van der Waals surface area contributed by atoms with Gasteiger partial charge in [0.2, 0.25) is 0 Å². The second-order valence-corrected chi connectivity index (χ2v) is 6.57. The second kappa shape index (κ2) is 6.36. The Labute approximate surface area is 126 Å². The van der Waals surface area contributed by atoms with Gasteiger partial charge in [-0.05, 0) is 25.3 Å². The first-order valence-electron chi connectivity index (χ1n) is 5.74. The van der Waals surface area contributed by atoms with Crippen molar-refractivity contribution in [3.05, 3.63) is 39.8 Å². The van der Waals surface area contributed by atoms with E-state index in [1.807, 2.05) is 30.7 Å². The molecule has 0 saturated heterocycles. The monoisotopic (exact) mass is 309 g/mol. The molecule has 19 heavy (non-hydrogen) atoms. The first-order chi connectivity index (χ1) is 9.11. The van der Waals surface area contributed by atoms with E-state index in [0.717, 1.165) is 21.2 Å². The number of hydrogen-bond donors (Lipinski definition) is 2. The zero-order valence-electron chi connectivity index (χ0n) is 10.8. The van der Waals surface area contributed by atoms with Crippen molar-refractivity contribution in [3.8, 4) is 0 Å². The van der Waals surface area contributed by atoms with E-state index in [0.29, 0.717) is 11.5 Å². The summed E-state index contributed by atoms with van der Waals surface area (Å²) in [6, 6.07) is 6.02. The average Bonchev–Trinajstić information content (AvgIpc) is 2.81. The van der Waals surface area contributed by atoms with Crippen molar-refractivity contribution in [3.63, 3.8) is 0 Å². The molecule has 0 aliphatic heterocycles. The topological polar surface area (TPSA) is 50.9 Å². The van der Waals surface area contributed by atoms with Crippen LogP contribution in [-0.2, 0) is 6.54 Å². The van der Waals surface area contributed by atoms with Gasteiger partial charge in [-0.25, -0.2) is 4.98 Å². The van der Waals surface area contributed by atoms with Crippen LogP contribution in [0.5, 0.6) is 0 Å². The number of aryl methyl sites for hydroxylation is 1. The van der Waals surface area contributed by atoms with E-state index in [2.05, 4.69) is 17.2 Å². The fourth-order valence-electron chi connectivity index (χ4n) is 1.76. The smallest absolute Gasteiger partial charge is 0.112 e. The minimum atomic E-state index is 0.419. The van der Waals surface area contributed by atoms with Gasteiger partial charge in [-0.1, -0.05) is 18.3 Å². The number of aromatic nitrogens is 1. The molecule has 3 N–H and O–H groups in total. The highest BCUT2D eigenvalue weighted by atomic mass is 32.2. The Kier molecular flexibility index (Phi) is 4.79. The summed E-state index contributed by atoms with van der Waals surface area (Å²) in [5.41, 5.74) is 7.71. The Morgan fingerprint density at radius 2 is 2.32 bits per heavy atom. The van der Waals surface area contributed by atoms with Crippen LogP contribution in [0.1, 0.15) is 15.4 Å². The maximum atomic E-state index is 5.83. The fourth-order valence-corrected chi connectivity index (χ4v) is 3.41. The minimum Gasteiger partial charge on any atom is -0.389 e. The molecule has 0 aliphatic carbocycles. The van der Waals surface area contributed by atoms with Gasteiger partial charge in [-0.2, -0.15) is 0 Å². The van der Waals surface area contributed by atoms with E-state index in [4.69, 9.17) is 18.0 Å². The normalized spacial score (nSPS) is 10.4. The maximum absolute atomic E-state index is 5.83. The van der Waals surface area contributed by atoms with Crippen LogP contribution >= 0.6 is 35.3 Å². The zero-order valence-corrected chi connectivity index (χ0v) is 13.2. The molecule has 6 heteroatoms. The van der Waals surface area contributed by atoms with Gasteiger partial charge in [0.1, 0.15) is 10.00 Å². The number of thiocarbonyl (C=S) groups is 1. The van der Waals surface area contributed by atoms with Crippen LogP contribution in [0.4, 0.5) is 5.69 Å². The van der Waals surface area contributed by atoms with Crippen molar-refractivity contribution in [1.29, 1.82) is 0 Å². The Hall–Kier alpha value is -1.11. The first kappa shape index (κ1) is 14.3. The van der Waals surface area contributed by atoms with E-state index in [-0.39, 0.29) is 0 Å². The molecule has 2 rings (SSSR count). The molecule has 0 radical (unpaired) electrons. The van der Waals surface area contributed by atoms with Crippen molar-refractivity contribution in [2.24, 2.45) is 5.73 Å². The number of rotatable bonds is 5. The number of nitrogens with one attached hydrogen (secondary N) is 1. The van der Waals surface area contributed by atoms with Crippen molar-refractivity contribution >= 4 is 46.0 Å². The maximum Gasteiger partial charge on any atom is 0.112 e. The quantitative estimate of drug-likeness (QED) is 0.655. The second-order valence-electron chi connectivity index (χ2n) is 3.97. The molecule has 0 saturated carbocycles. The third-order valence-electron chi connectivity index (χ3n) is 2.59. The molecular weight excluding hydrogens is 294 g/mol. The number of anilines is 1. The molecular formula is C13H15N3S3. The molecule has 0 amide bonds.